The van der Waals surface area contributed by atoms with Gasteiger partial charge in [0.1, 0.15) is 5.69 Å². The topological polar surface area (TPSA) is 91.8 Å². The Labute approximate surface area is 142 Å². The first kappa shape index (κ1) is 18.0. The predicted octanol–water partition coefficient (Wildman–Crippen LogP) is 2.75. The lowest BCUT2D eigenvalue weighted by Gasteiger charge is -2.34. The Morgan fingerprint density at radius 3 is 2.75 bits per heavy atom. The van der Waals surface area contributed by atoms with Gasteiger partial charge in [0.15, 0.2) is 0 Å². The van der Waals surface area contributed by atoms with Crippen molar-refractivity contribution >= 4 is 17.7 Å². The number of anilines is 1. The number of aryl methyl sites for hydroxylation is 1. The molecule has 132 valence electrons. The fourth-order valence-corrected chi connectivity index (χ4v) is 2.85. The van der Waals surface area contributed by atoms with Crippen LogP contribution in [-0.4, -0.2) is 46.2 Å². The number of carboxylic acids is 1. The van der Waals surface area contributed by atoms with E-state index in [1.165, 1.54) is 0 Å². The number of amides is 2. The third-order valence-electron chi connectivity index (χ3n) is 3.87. The molecule has 1 aromatic heterocycles. The highest BCUT2D eigenvalue weighted by atomic mass is 16.5. The van der Waals surface area contributed by atoms with Gasteiger partial charge in [-0.15, -0.1) is 0 Å². The number of piperidine rings is 1. The van der Waals surface area contributed by atoms with E-state index < -0.39 is 11.9 Å². The average Bonchev–Trinajstić information content (AvgIpc) is 2.49. The summed E-state index contributed by atoms with van der Waals surface area (Å²) in [6, 6.07) is 1.47. The van der Waals surface area contributed by atoms with Crippen LogP contribution in [0.15, 0.2) is 12.3 Å². The van der Waals surface area contributed by atoms with Gasteiger partial charge in [-0.1, -0.05) is 6.92 Å². The minimum atomic E-state index is -0.861. The molecule has 0 saturated carbocycles. The molecule has 24 heavy (non-hydrogen) atoms. The zero-order valence-electron chi connectivity index (χ0n) is 14.6. The molecule has 7 nitrogen and oxygen atoms in total. The van der Waals surface area contributed by atoms with Crippen molar-refractivity contribution in [2.24, 2.45) is 11.8 Å². The maximum atomic E-state index is 12.6. The zero-order chi connectivity index (χ0) is 17.9. The number of aliphatic carboxylic acids is 1. The molecule has 2 unspecified atom stereocenters. The van der Waals surface area contributed by atoms with Crippen LogP contribution in [0.3, 0.4) is 0 Å². The molecular formula is C17H25N3O4. The summed E-state index contributed by atoms with van der Waals surface area (Å²) in [5, 5.41) is 12.0. The molecule has 2 rings (SSSR count). The summed E-state index contributed by atoms with van der Waals surface area (Å²) >= 11 is 0. The Morgan fingerprint density at radius 2 is 2.12 bits per heavy atom. The number of nitrogens with zero attached hydrogens (tertiary/aromatic N) is 2. The molecule has 0 radical (unpaired) electrons. The summed E-state index contributed by atoms with van der Waals surface area (Å²) in [7, 11) is 0. The van der Waals surface area contributed by atoms with Crippen LogP contribution in [0, 0.1) is 18.8 Å². The minimum Gasteiger partial charge on any atom is -0.481 e. The summed E-state index contributed by atoms with van der Waals surface area (Å²) in [4.78, 5) is 29.6. The number of rotatable bonds is 4. The summed E-state index contributed by atoms with van der Waals surface area (Å²) in [5.41, 5.74) is 1.40. The van der Waals surface area contributed by atoms with Crippen LogP contribution in [0.2, 0.25) is 0 Å². The summed E-state index contributed by atoms with van der Waals surface area (Å²) in [6.45, 7) is 8.36. The number of carboxylic acid groups (broad SMARTS) is 1. The summed E-state index contributed by atoms with van der Waals surface area (Å²) in [5.74, 6) is -0.877. The molecule has 0 aromatic carbocycles. The molecule has 2 N–H and O–H groups in total. The van der Waals surface area contributed by atoms with Crippen LogP contribution < -0.4 is 10.1 Å². The normalized spacial score (nSPS) is 20.8. The van der Waals surface area contributed by atoms with E-state index in [1.807, 2.05) is 27.7 Å². The van der Waals surface area contributed by atoms with Gasteiger partial charge < -0.3 is 20.1 Å². The highest BCUT2D eigenvalue weighted by Gasteiger charge is 2.32. The fraction of sp³-hybridized carbons (Fsp3) is 0.588. The Morgan fingerprint density at radius 1 is 1.42 bits per heavy atom. The number of carbonyl (C=O) groups is 2. The largest absolute Gasteiger partial charge is 0.481 e. The first-order valence-corrected chi connectivity index (χ1v) is 8.18. The van der Waals surface area contributed by atoms with Gasteiger partial charge in [-0.3, -0.25) is 4.79 Å². The van der Waals surface area contributed by atoms with Gasteiger partial charge in [-0.25, -0.2) is 9.78 Å². The summed E-state index contributed by atoms with van der Waals surface area (Å²) in [6.07, 6.45) is 2.20. The number of nitrogens with one attached hydrogen (secondary N) is 1. The van der Waals surface area contributed by atoms with Crippen molar-refractivity contribution in [1.82, 2.24) is 9.88 Å². The molecule has 0 bridgehead atoms. The second-order valence-electron chi connectivity index (χ2n) is 6.74. The van der Waals surface area contributed by atoms with E-state index in [2.05, 4.69) is 10.3 Å². The number of aromatic nitrogens is 1. The lowest BCUT2D eigenvalue weighted by Crippen LogP contribution is -2.47. The number of hydrogen-bond donors (Lipinski definition) is 2. The molecule has 2 amide bonds. The highest BCUT2D eigenvalue weighted by molar-refractivity contribution is 5.91. The van der Waals surface area contributed by atoms with Crippen LogP contribution in [0.4, 0.5) is 10.5 Å². The van der Waals surface area contributed by atoms with Crippen LogP contribution >= 0.6 is 0 Å². The van der Waals surface area contributed by atoms with Crippen molar-refractivity contribution in [2.75, 3.05) is 18.4 Å². The Balaban J connectivity index is 2.14. The zero-order valence-corrected chi connectivity index (χ0v) is 14.6. The molecule has 0 aliphatic carbocycles. The molecular weight excluding hydrogens is 310 g/mol. The molecule has 1 fully saturated rings. The summed E-state index contributed by atoms with van der Waals surface area (Å²) < 4.78 is 5.63. The Bertz CT molecular complexity index is 618. The highest BCUT2D eigenvalue weighted by Crippen LogP contribution is 2.26. The molecule has 2 atom stereocenters. The van der Waals surface area contributed by atoms with Gasteiger partial charge in [-0.05, 0) is 44.7 Å². The molecule has 2 heterocycles. The fourth-order valence-electron chi connectivity index (χ4n) is 2.85. The molecule has 7 heteroatoms. The first-order chi connectivity index (χ1) is 11.3. The van der Waals surface area contributed by atoms with Crippen molar-refractivity contribution in [2.45, 2.75) is 40.2 Å². The number of urea groups is 1. The molecule has 1 aromatic rings. The van der Waals surface area contributed by atoms with Crippen molar-refractivity contribution in [3.63, 3.8) is 0 Å². The molecule has 1 saturated heterocycles. The van der Waals surface area contributed by atoms with E-state index in [4.69, 9.17) is 4.74 Å². The van der Waals surface area contributed by atoms with Gasteiger partial charge in [0.2, 0.25) is 5.88 Å². The second kappa shape index (κ2) is 7.51. The Hall–Kier alpha value is -2.31. The average molecular weight is 335 g/mol. The third-order valence-corrected chi connectivity index (χ3v) is 3.87. The number of likely N-dealkylation sites (tertiary alicyclic amines) is 1. The van der Waals surface area contributed by atoms with E-state index in [-0.39, 0.29) is 24.6 Å². The van der Waals surface area contributed by atoms with Crippen molar-refractivity contribution < 1.29 is 19.4 Å². The number of hydrogen-bond acceptors (Lipinski definition) is 4. The first-order valence-electron chi connectivity index (χ1n) is 8.18. The van der Waals surface area contributed by atoms with E-state index in [0.29, 0.717) is 24.5 Å². The second-order valence-corrected chi connectivity index (χ2v) is 6.74. The van der Waals surface area contributed by atoms with Crippen molar-refractivity contribution in [3.05, 3.63) is 17.8 Å². The van der Waals surface area contributed by atoms with Gasteiger partial charge >= 0.3 is 12.0 Å². The van der Waals surface area contributed by atoms with E-state index in [0.717, 1.165) is 5.56 Å². The maximum Gasteiger partial charge on any atom is 0.322 e. The number of pyridine rings is 1. The quantitative estimate of drug-likeness (QED) is 0.883. The van der Waals surface area contributed by atoms with Crippen molar-refractivity contribution in [3.8, 4) is 5.88 Å². The smallest absolute Gasteiger partial charge is 0.322 e. The third kappa shape index (κ3) is 4.59. The van der Waals surface area contributed by atoms with Crippen LogP contribution in [0.1, 0.15) is 32.8 Å². The van der Waals surface area contributed by atoms with Crippen molar-refractivity contribution in [1.29, 1.82) is 0 Å². The Kier molecular flexibility index (Phi) is 5.64. The lowest BCUT2D eigenvalue weighted by atomic mass is 9.91. The molecule has 0 spiro atoms. The van der Waals surface area contributed by atoms with E-state index in [9.17, 15) is 14.7 Å². The number of carbonyl (C=O) groups excluding carboxylic acids is 1. The molecule has 1 aliphatic heterocycles. The van der Waals surface area contributed by atoms with Gasteiger partial charge in [0.25, 0.3) is 0 Å². The van der Waals surface area contributed by atoms with Gasteiger partial charge in [0, 0.05) is 19.3 Å². The van der Waals surface area contributed by atoms with Crippen LogP contribution in [0.25, 0.3) is 0 Å². The standard InChI is InChI=1S/C17H25N3O4/c1-10(2)24-15-14(6-11(3)7-18-15)19-17(23)20-8-12(4)5-13(9-20)16(21)22/h6-7,10,12-13H,5,8-9H2,1-4H3,(H,19,23)(H,21,22). The van der Waals surface area contributed by atoms with E-state index >= 15 is 0 Å². The number of ether oxygens (including phenoxy) is 1. The maximum absolute atomic E-state index is 12.6. The van der Waals surface area contributed by atoms with E-state index in [1.54, 1.807) is 17.2 Å². The van der Waals surface area contributed by atoms with Gasteiger partial charge in [0.05, 0.1) is 12.0 Å². The van der Waals surface area contributed by atoms with Gasteiger partial charge in [-0.2, -0.15) is 0 Å². The van der Waals surface area contributed by atoms with Crippen LogP contribution in [-0.2, 0) is 4.79 Å². The monoisotopic (exact) mass is 335 g/mol. The minimum absolute atomic E-state index is 0.0674. The lowest BCUT2D eigenvalue weighted by molar-refractivity contribution is -0.143. The SMILES string of the molecule is Cc1cnc(OC(C)C)c(NC(=O)N2CC(C)CC(C(=O)O)C2)c1. The molecule has 1 aliphatic rings. The van der Waals surface area contributed by atoms with Crippen LogP contribution in [0.5, 0.6) is 5.88 Å². The predicted molar refractivity (Wildman–Crippen MR) is 90.2 cm³/mol.